The summed E-state index contributed by atoms with van der Waals surface area (Å²) in [5, 5.41) is 11.1. The molecule has 2 N–H and O–H groups in total. The van der Waals surface area contributed by atoms with Crippen LogP contribution in [0, 0.1) is 6.92 Å². The molecule has 1 aromatic rings. The molecule has 0 aliphatic heterocycles. The molecule has 1 unspecified atom stereocenters. The van der Waals surface area contributed by atoms with Crippen LogP contribution in [-0.4, -0.2) is 28.4 Å². The van der Waals surface area contributed by atoms with E-state index in [2.05, 4.69) is 4.98 Å². The Kier molecular flexibility index (Phi) is 4.11. The summed E-state index contributed by atoms with van der Waals surface area (Å²) in [4.78, 5) is 25.7. The molecule has 1 rings (SSSR count). The number of carbonyl (C=O) groups is 2. The molecule has 0 spiro atoms. The second-order valence-electron chi connectivity index (χ2n) is 3.29. The maximum absolute atomic E-state index is 12.0. The maximum Gasteiger partial charge on any atom is 0.355 e. The van der Waals surface area contributed by atoms with Crippen molar-refractivity contribution in [2.75, 3.05) is 0 Å². The summed E-state index contributed by atoms with van der Waals surface area (Å²) < 4.78 is 24.0. The van der Waals surface area contributed by atoms with Crippen LogP contribution in [0.1, 0.15) is 33.3 Å². The molecule has 5 nitrogen and oxygen atoms in total. The largest absolute Gasteiger partial charge is 0.476 e. The van der Waals surface area contributed by atoms with Gasteiger partial charge in [0.1, 0.15) is 5.01 Å². The lowest BCUT2D eigenvalue weighted by molar-refractivity contribution is -0.132. The average molecular weight is 264 g/mol. The molecular formula is C9H10F2N2O3S. The van der Waals surface area contributed by atoms with E-state index in [1.54, 1.807) is 6.92 Å². The second kappa shape index (κ2) is 5.17. The third kappa shape index (κ3) is 3.19. The smallest absolute Gasteiger partial charge is 0.355 e. The number of nitrogens with one attached hydrogen (secondary N) is 1. The van der Waals surface area contributed by atoms with Crippen molar-refractivity contribution in [2.45, 2.75) is 26.3 Å². The monoisotopic (exact) mass is 264 g/mol. The number of thiazole rings is 1. The van der Waals surface area contributed by atoms with Crippen molar-refractivity contribution in [2.24, 2.45) is 0 Å². The molecular weight excluding hydrogens is 254 g/mol. The van der Waals surface area contributed by atoms with Crippen LogP contribution in [0.15, 0.2) is 0 Å². The van der Waals surface area contributed by atoms with Gasteiger partial charge >= 0.3 is 12.4 Å². The summed E-state index contributed by atoms with van der Waals surface area (Å²) in [6.45, 7) is 3.02. The van der Waals surface area contributed by atoms with Gasteiger partial charge in [0.15, 0.2) is 5.69 Å². The highest BCUT2D eigenvalue weighted by Crippen LogP contribution is 2.23. The fraction of sp³-hybridized carbons (Fsp3) is 0.444. The van der Waals surface area contributed by atoms with Crippen LogP contribution < -0.4 is 5.32 Å². The van der Waals surface area contributed by atoms with Crippen molar-refractivity contribution >= 4 is 23.2 Å². The van der Waals surface area contributed by atoms with Crippen LogP contribution in [0.4, 0.5) is 8.78 Å². The number of amides is 1. The molecule has 0 bridgehead atoms. The Labute approximate surface area is 99.5 Å². The Hall–Kier alpha value is -1.57. The summed E-state index contributed by atoms with van der Waals surface area (Å²) in [7, 11) is 0. The van der Waals surface area contributed by atoms with Crippen LogP contribution in [0.5, 0.6) is 0 Å². The number of aromatic carboxylic acids is 1. The number of nitrogens with zero attached hydrogens (tertiary/aromatic N) is 1. The minimum atomic E-state index is -3.10. The van der Waals surface area contributed by atoms with Crippen LogP contribution in [0.25, 0.3) is 0 Å². The van der Waals surface area contributed by atoms with Crippen molar-refractivity contribution < 1.29 is 23.5 Å². The number of carboxylic acid groups (broad SMARTS) is 1. The van der Waals surface area contributed by atoms with E-state index in [0.29, 0.717) is 4.88 Å². The number of aryl methyl sites for hydroxylation is 1. The van der Waals surface area contributed by atoms with Crippen molar-refractivity contribution in [3.05, 3.63) is 15.6 Å². The zero-order valence-electron chi connectivity index (χ0n) is 9.03. The lowest BCUT2D eigenvalue weighted by Crippen LogP contribution is -2.31. The van der Waals surface area contributed by atoms with Gasteiger partial charge in [0, 0.05) is 4.88 Å². The first-order chi connectivity index (χ1) is 7.82. The van der Waals surface area contributed by atoms with Crippen molar-refractivity contribution in [3.63, 3.8) is 0 Å². The van der Waals surface area contributed by atoms with E-state index in [-0.39, 0.29) is 10.7 Å². The van der Waals surface area contributed by atoms with Gasteiger partial charge in [-0.05, 0) is 13.8 Å². The van der Waals surface area contributed by atoms with Gasteiger partial charge in [0.05, 0.1) is 6.04 Å². The van der Waals surface area contributed by atoms with Gasteiger partial charge in [-0.2, -0.15) is 8.78 Å². The molecule has 0 saturated heterocycles. The number of hydrogen-bond acceptors (Lipinski definition) is 4. The molecule has 0 aliphatic carbocycles. The van der Waals surface area contributed by atoms with Gasteiger partial charge in [-0.25, -0.2) is 9.78 Å². The van der Waals surface area contributed by atoms with Crippen molar-refractivity contribution in [3.8, 4) is 0 Å². The minimum absolute atomic E-state index is 0.122. The number of rotatable bonds is 4. The number of carbonyl (C=O) groups excluding carboxylic acids is 1. The Bertz CT molecular complexity index is 447. The molecule has 0 aromatic carbocycles. The van der Waals surface area contributed by atoms with E-state index >= 15 is 0 Å². The van der Waals surface area contributed by atoms with Crippen LogP contribution in [-0.2, 0) is 4.79 Å². The summed E-state index contributed by atoms with van der Waals surface area (Å²) in [6.07, 6.45) is -3.10. The van der Waals surface area contributed by atoms with Gasteiger partial charge < -0.3 is 10.4 Å². The number of halogens is 2. The van der Waals surface area contributed by atoms with Gasteiger partial charge in [-0.1, -0.05) is 0 Å². The van der Waals surface area contributed by atoms with E-state index in [0.717, 1.165) is 11.3 Å². The normalized spacial score (nSPS) is 12.5. The van der Waals surface area contributed by atoms with E-state index in [1.807, 2.05) is 5.32 Å². The van der Waals surface area contributed by atoms with E-state index in [1.165, 1.54) is 6.92 Å². The topological polar surface area (TPSA) is 79.3 Å². The first kappa shape index (κ1) is 13.5. The minimum Gasteiger partial charge on any atom is -0.476 e. The molecule has 17 heavy (non-hydrogen) atoms. The molecule has 0 aliphatic rings. The predicted molar refractivity (Wildman–Crippen MR) is 56.4 cm³/mol. The maximum atomic E-state index is 12.0. The van der Waals surface area contributed by atoms with Crippen LogP contribution in [0.2, 0.25) is 0 Å². The van der Waals surface area contributed by atoms with Gasteiger partial charge in [0.25, 0.3) is 5.91 Å². The number of carboxylic acids is 1. The van der Waals surface area contributed by atoms with Gasteiger partial charge in [0.2, 0.25) is 0 Å². The third-order valence-electron chi connectivity index (χ3n) is 1.94. The van der Waals surface area contributed by atoms with Crippen molar-refractivity contribution in [1.82, 2.24) is 10.3 Å². The summed E-state index contributed by atoms with van der Waals surface area (Å²) in [5.74, 6) is -2.58. The quantitative estimate of drug-likeness (QED) is 0.865. The Balaban J connectivity index is 2.83. The lowest BCUT2D eigenvalue weighted by atomic mass is 10.3. The zero-order chi connectivity index (χ0) is 13.2. The first-order valence-corrected chi connectivity index (χ1v) is 5.43. The first-order valence-electron chi connectivity index (χ1n) is 4.62. The highest BCUT2D eigenvalue weighted by molar-refractivity contribution is 7.11. The lowest BCUT2D eigenvalue weighted by Gasteiger charge is -2.10. The standard InChI is InChI=1S/C9H10F2N2O3S/c1-3(12-7(14)6(10)11)8-13-5(9(15)16)4(2)17-8/h3,6H,1-2H3,(H,12,14)(H,15,16). The number of hydrogen-bond donors (Lipinski definition) is 2. The molecule has 1 heterocycles. The molecule has 0 saturated carbocycles. The second-order valence-corrected chi connectivity index (χ2v) is 4.53. The van der Waals surface area contributed by atoms with E-state index < -0.39 is 24.3 Å². The van der Waals surface area contributed by atoms with Crippen LogP contribution in [0.3, 0.4) is 0 Å². The summed E-state index contributed by atoms with van der Waals surface area (Å²) in [5.41, 5.74) is -0.122. The Morgan fingerprint density at radius 3 is 2.47 bits per heavy atom. The molecule has 1 atom stereocenters. The SMILES string of the molecule is Cc1sc(C(C)NC(=O)C(F)F)nc1C(=O)O. The molecule has 1 aromatic heterocycles. The predicted octanol–water partition coefficient (Wildman–Crippen LogP) is 1.59. The Morgan fingerprint density at radius 1 is 1.47 bits per heavy atom. The fourth-order valence-corrected chi connectivity index (χ4v) is 2.05. The molecule has 8 heteroatoms. The van der Waals surface area contributed by atoms with Crippen LogP contribution >= 0.6 is 11.3 Å². The zero-order valence-corrected chi connectivity index (χ0v) is 9.85. The molecule has 94 valence electrons. The highest BCUT2D eigenvalue weighted by Gasteiger charge is 2.22. The fourth-order valence-electron chi connectivity index (χ4n) is 1.14. The summed E-state index contributed by atoms with van der Waals surface area (Å²) >= 11 is 1.05. The number of aromatic nitrogens is 1. The van der Waals surface area contributed by atoms with Gasteiger partial charge in [-0.3, -0.25) is 4.79 Å². The van der Waals surface area contributed by atoms with E-state index in [9.17, 15) is 18.4 Å². The van der Waals surface area contributed by atoms with E-state index in [4.69, 9.17) is 5.11 Å². The third-order valence-corrected chi connectivity index (χ3v) is 3.10. The Morgan fingerprint density at radius 2 is 2.06 bits per heavy atom. The molecule has 0 radical (unpaired) electrons. The van der Waals surface area contributed by atoms with Crippen molar-refractivity contribution in [1.29, 1.82) is 0 Å². The average Bonchev–Trinajstić information content (AvgIpc) is 2.60. The molecule has 0 fully saturated rings. The molecule has 1 amide bonds. The summed E-state index contributed by atoms with van der Waals surface area (Å²) in [6, 6.07) is -0.742. The highest BCUT2D eigenvalue weighted by atomic mass is 32.1. The number of alkyl halides is 2. The van der Waals surface area contributed by atoms with Gasteiger partial charge in [-0.15, -0.1) is 11.3 Å².